The second-order valence-corrected chi connectivity index (χ2v) is 2.68. The fourth-order valence-electron chi connectivity index (χ4n) is 0. The second kappa shape index (κ2) is 7.42. The number of nitrogens with zero attached hydrogens (tertiary/aromatic N) is 1. The predicted molar refractivity (Wildman–Crippen MR) is 36.9 cm³/mol. The van der Waals surface area contributed by atoms with E-state index in [2.05, 4.69) is 28.2 Å². The summed E-state index contributed by atoms with van der Waals surface area (Å²) in [5.74, 6) is 0. The summed E-state index contributed by atoms with van der Waals surface area (Å²) in [6.45, 7) is 0. The molecule has 0 amide bonds. The van der Waals surface area contributed by atoms with Crippen molar-refractivity contribution in [3.8, 4) is 0 Å². The van der Waals surface area contributed by atoms with Crippen LogP contribution in [0.2, 0.25) is 0 Å². The summed E-state index contributed by atoms with van der Waals surface area (Å²) in [4.78, 5) is 0. The molecule has 0 aliphatic carbocycles. The van der Waals surface area contributed by atoms with Crippen LogP contribution in [0, 0.1) is 0 Å². The molecule has 0 saturated carbocycles. The Bertz CT molecular complexity index is 29.5. The largest absolute Gasteiger partial charge is 0.412 e. The molecule has 0 aromatic heterocycles. The fourth-order valence-corrected chi connectivity index (χ4v) is 0. The maximum absolute atomic E-state index is 2.12. The van der Waals surface area contributed by atoms with Crippen LogP contribution in [0.4, 0.5) is 0 Å². The first-order chi connectivity index (χ1) is 2.00. The van der Waals surface area contributed by atoms with Gasteiger partial charge in [-0.05, 0) is 0 Å². The summed E-state index contributed by atoms with van der Waals surface area (Å²) in [6.07, 6.45) is 0. The molecule has 0 rings (SSSR count). The molecule has 4 radical (unpaired) electrons. The Kier molecular flexibility index (Phi) is 22.0. The Balaban J connectivity index is -0.0000000267. The van der Waals surface area contributed by atoms with Gasteiger partial charge in [0.15, 0.2) is 0 Å². The van der Waals surface area contributed by atoms with Gasteiger partial charge in [0.2, 0.25) is 0 Å². The third-order valence-electron chi connectivity index (χ3n) is 0. The van der Waals surface area contributed by atoms with Crippen molar-refractivity contribution in [2.24, 2.45) is 0 Å². The number of quaternary nitrogens is 1. The Morgan fingerprint density at radius 1 is 0.750 bits per heavy atom. The second-order valence-electron chi connectivity index (χ2n) is 2.68. The number of rotatable bonds is 0. The van der Waals surface area contributed by atoms with Gasteiger partial charge in [-0.2, -0.15) is 0 Å². The van der Waals surface area contributed by atoms with E-state index in [-0.39, 0.29) is 28.5 Å². The topological polar surface area (TPSA) is 63.0 Å². The molecule has 0 atom stereocenters. The van der Waals surface area contributed by atoms with Gasteiger partial charge in [0.25, 0.3) is 0 Å². The SMILES string of the molecule is C[N+](C)(C)C.O.O.[Ge]. The summed E-state index contributed by atoms with van der Waals surface area (Å²) < 4.78 is 1.00. The Hall–Kier alpha value is 0.423. The van der Waals surface area contributed by atoms with E-state index in [4.69, 9.17) is 0 Å². The minimum absolute atomic E-state index is 0. The van der Waals surface area contributed by atoms with E-state index >= 15 is 0 Å². The Morgan fingerprint density at radius 2 is 0.750 bits per heavy atom. The molecule has 0 spiro atoms. The van der Waals surface area contributed by atoms with Gasteiger partial charge in [0.1, 0.15) is 0 Å². The van der Waals surface area contributed by atoms with Gasteiger partial charge in [-0.25, -0.2) is 0 Å². The summed E-state index contributed by atoms with van der Waals surface area (Å²) in [5.41, 5.74) is 0. The van der Waals surface area contributed by atoms with Crippen molar-refractivity contribution in [3.63, 3.8) is 0 Å². The van der Waals surface area contributed by atoms with E-state index in [1.807, 2.05) is 0 Å². The van der Waals surface area contributed by atoms with Gasteiger partial charge in [0, 0.05) is 17.6 Å². The van der Waals surface area contributed by atoms with Gasteiger partial charge in [-0.3, -0.25) is 0 Å². The molecule has 0 aromatic carbocycles. The van der Waals surface area contributed by atoms with Gasteiger partial charge >= 0.3 is 0 Å². The van der Waals surface area contributed by atoms with E-state index in [0.29, 0.717) is 0 Å². The average molecular weight is 183 g/mol. The van der Waals surface area contributed by atoms with Gasteiger partial charge < -0.3 is 15.4 Å². The molecule has 8 heavy (non-hydrogen) atoms. The third kappa shape index (κ3) is 1060. The molecule has 4 heteroatoms. The Labute approximate surface area is 61.9 Å². The summed E-state index contributed by atoms with van der Waals surface area (Å²) >= 11 is 0. The van der Waals surface area contributed by atoms with Crippen LogP contribution in [0.5, 0.6) is 0 Å². The van der Waals surface area contributed by atoms with Crippen LogP contribution in [0.3, 0.4) is 0 Å². The molecule has 0 heterocycles. The minimum Gasteiger partial charge on any atom is -0.412 e. The smallest absolute Gasteiger partial charge is 0.0675 e. The number of hydrogen-bond donors (Lipinski definition) is 0. The quantitative estimate of drug-likeness (QED) is 0.317. The monoisotopic (exact) mass is 184 g/mol. The molecule has 4 N–H and O–H groups in total. The van der Waals surface area contributed by atoms with Crippen LogP contribution >= 0.6 is 0 Å². The molecule has 52 valence electrons. The van der Waals surface area contributed by atoms with Crippen molar-refractivity contribution in [2.45, 2.75) is 0 Å². The zero-order valence-corrected chi connectivity index (χ0v) is 8.05. The molecule has 3 nitrogen and oxygen atoms in total. The molecule has 0 bridgehead atoms. The van der Waals surface area contributed by atoms with E-state index in [1.54, 1.807) is 0 Å². The third-order valence-corrected chi connectivity index (χ3v) is 0. The molecule has 0 aliphatic heterocycles. The van der Waals surface area contributed by atoms with Crippen molar-refractivity contribution in [3.05, 3.63) is 0 Å². The van der Waals surface area contributed by atoms with Crippen LogP contribution < -0.4 is 0 Å². The van der Waals surface area contributed by atoms with Crippen molar-refractivity contribution in [1.29, 1.82) is 0 Å². The molecular weight excluding hydrogens is 167 g/mol. The van der Waals surface area contributed by atoms with Crippen molar-refractivity contribution in [1.82, 2.24) is 0 Å². The van der Waals surface area contributed by atoms with Gasteiger partial charge in [-0.15, -0.1) is 0 Å². The van der Waals surface area contributed by atoms with Crippen LogP contribution in [0.15, 0.2) is 0 Å². The van der Waals surface area contributed by atoms with Crippen molar-refractivity contribution in [2.75, 3.05) is 28.2 Å². The minimum atomic E-state index is 0. The first-order valence-corrected chi connectivity index (χ1v) is 1.79. The maximum Gasteiger partial charge on any atom is 0.0675 e. The maximum atomic E-state index is 2.12. The van der Waals surface area contributed by atoms with Crippen LogP contribution in [0.25, 0.3) is 0 Å². The molecule has 0 saturated heterocycles. The zero-order valence-electron chi connectivity index (χ0n) is 5.95. The summed E-state index contributed by atoms with van der Waals surface area (Å²) in [5, 5.41) is 0. The van der Waals surface area contributed by atoms with Crippen LogP contribution in [-0.4, -0.2) is 61.2 Å². The van der Waals surface area contributed by atoms with Crippen LogP contribution in [-0.2, 0) is 0 Å². The van der Waals surface area contributed by atoms with Crippen LogP contribution in [0.1, 0.15) is 0 Å². The summed E-state index contributed by atoms with van der Waals surface area (Å²) in [6, 6.07) is 0. The van der Waals surface area contributed by atoms with Gasteiger partial charge in [0.05, 0.1) is 28.2 Å². The average Bonchev–Trinajstić information content (AvgIpc) is 0.722. The van der Waals surface area contributed by atoms with E-state index in [0.717, 1.165) is 4.48 Å². The molecular formula is C4H16GeNO2+. The molecule has 0 unspecified atom stereocenters. The van der Waals surface area contributed by atoms with E-state index < -0.39 is 0 Å². The molecule has 0 fully saturated rings. The predicted octanol–water partition coefficient (Wildman–Crippen LogP) is -1.71. The number of hydrogen-bond acceptors (Lipinski definition) is 0. The van der Waals surface area contributed by atoms with E-state index in [9.17, 15) is 0 Å². The first-order valence-electron chi connectivity index (χ1n) is 1.79. The summed E-state index contributed by atoms with van der Waals surface area (Å²) in [7, 11) is 8.50. The van der Waals surface area contributed by atoms with Gasteiger partial charge in [-0.1, -0.05) is 0 Å². The van der Waals surface area contributed by atoms with Crippen molar-refractivity contribution < 1.29 is 15.4 Å². The van der Waals surface area contributed by atoms with E-state index in [1.165, 1.54) is 0 Å². The van der Waals surface area contributed by atoms with Crippen molar-refractivity contribution >= 4 is 17.6 Å². The molecule has 0 aliphatic rings. The molecule has 0 aromatic rings. The fraction of sp³-hybridized carbons (Fsp3) is 1.00. The zero-order chi connectivity index (χ0) is 4.50. The Morgan fingerprint density at radius 3 is 0.750 bits per heavy atom. The standard InChI is InChI=1S/C4H12N.Ge.2H2O/c1-5(2,3)4;;;/h1-4H3;;2*1H2/q+1;;;. The normalized spacial score (nSPS) is 7.50. The first kappa shape index (κ1) is 23.7.